The Morgan fingerprint density at radius 2 is 2.38 bits per heavy atom. The average molecular weight is 178 g/mol. The van der Waals surface area contributed by atoms with Crippen molar-refractivity contribution < 1.29 is 9.90 Å². The number of carboxylic acid groups (broad SMARTS) is 1. The molecule has 0 amide bonds. The van der Waals surface area contributed by atoms with Crippen molar-refractivity contribution in [2.24, 2.45) is 0 Å². The molecule has 1 aromatic heterocycles. The lowest BCUT2D eigenvalue weighted by Crippen LogP contribution is -2.35. The maximum atomic E-state index is 10.6. The smallest absolute Gasteiger partial charge is 0.337 e. The molecule has 0 aliphatic carbocycles. The number of nitrogens with one attached hydrogen (secondary N) is 1. The third-order valence-electron chi connectivity index (χ3n) is 2.23. The van der Waals surface area contributed by atoms with E-state index >= 15 is 0 Å². The topological polar surface area (TPSA) is 62.2 Å². The highest BCUT2D eigenvalue weighted by Crippen LogP contribution is 2.22. The van der Waals surface area contributed by atoms with E-state index in [4.69, 9.17) is 5.11 Å². The summed E-state index contributed by atoms with van der Waals surface area (Å²) in [6.07, 6.45) is 4.14. The third kappa shape index (κ3) is 1.53. The molecule has 1 aromatic rings. The lowest BCUT2D eigenvalue weighted by Gasteiger charge is -2.27. The van der Waals surface area contributed by atoms with Crippen LogP contribution in [0.5, 0.6) is 0 Å². The Labute approximate surface area is 75.6 Å². The highest BCUT2D eigenvalue weighted by atomic mass is 16.4. The van der Waals surface area contributed by atoms with E-state index in [1.807, 2.05) is 0 Å². The normalized spacial score (nSPS) is 20.8. The molecule has 13 heavy (non-hydrogen) atoms. The molecule has 0 spiro atoms. The summed E-state index contributed by atoms with van der Waals surface area (Å²) in [6, 6.07) is 1.97. The van der Waals surface area contributed by atoms with Crippen molar-refractivity contribution in [3.05, 3.63) is 29.6 Å². The zero-order valence-electron chi connectivity index (χ0n) is 7.03. The van der Waals surface area contributed by atoms with Gasteiger partial charge in [-0.15, -0.1) is 0 Å². The Morgan fingerprint density at radius 1 is 1.62 bits per heavy atom. The van der Waals surface area contributed by atoms with E-state index in [1.165, 1.54) is 6.20 Å². The molecule has 68 valence electrons. The quantitative estimate of drug-likeness (QED) is 0.703. The van der Waals surface area contributed by atoms with Gasteiger partial charge in [0.15, 0.2) is 0 Å². The largest absolute Gasteiger partial charge is 0.478 e. The van der Waals surface area contributed by atoms with Gasteiger partial charge in [0.2, 0.25) is 0 Å². The second-order valence-electron chi connectivity index (χ2n) is 3.11. The van der Waals surface area contributed by atoms with Crippen molar-refractivity contribution in [1.82, 2.24) is 10.3 Å². The molecule has 1 saturated heterocycles. The van der Waals surface area contributed by atoms with Crippen LogP contribution in [0.3, 0.4) is 0 Å². The molecule has 0 saturated carbocycles. The van der Waals surface area contributed by atoms with E-state index in [2.05, 4.69) is 10.3 Å². The maximum Gasteiger partial charge on any atom is 0.337 e. The van der Waals surface area contributed by atoms with E-state index in [0.717, 1.165) is 18.5 Å². The van der Waals surface area contributed by atoms with Gasteiger partial charge in [0, 0.05) is 18.4 Å². The molecule has 0 bridgehead atoms. The Kier molecular flexibility index (Phi) is 1.98. The standard InChI is InChI=1S/C9H10N2O2/c12-9(13)7-3-6(4-10-5-7)8-1-2-11-8/h3-5,8,11H,1-2H2,(H,12,13). The van der Waals surface area contributed by atoms with Crippen molar-refractivity contribution in [1.29, 1.82) is 0 Å². The van der Waals surface area contributed by atoms with Crippen LogP contribution in [0, 0.1) is 0 Å². The number of rotatable bonds is 2. The number of nitrogens with zero attached hydrogens (tertiary/aromatic N) is 1. The Morgan fingerprint density at radius 3 is 2.92 bits per heavy atom. The van der Waals surface area contributed by atoms with Crippen LogP contribution in [-0.4, -0.2) is 22.6 Å². The Hall–Kier alpha value is -1.42. The van der Waals surface area contributed by atoms with E-state index in [9.17, 15) is 4.79 Å². The summed E-state index contributed by atoms with van der Waals surface area (Å²) in [5, 5.41) is 11.9. The van der Waals surface area contributed by atoms with Gasteiger partial charge < -0.3 is 10.4 Å². The van der Waals surface area contributed by atoms with Crippen molar-refractivity contribution in [2.45, 2.75) is 12.5 Å². The molecule has 2 rings (SSSR count). The zero-order chi connectivity index (χ0) is 9.26. The second-order valence-corrected chi connectivity index (χ2v) is 3.11. The van der Waals surface area contributed by atoms with Crippen molar-refractivity contribution in [2.75, 3.05) is 6.54 Å². The first kappa shape index (κ1) is 8.19. The predicted molar refractivity (Wildman–Crippen MR) is 46.6 cm³/mol. The first-order chi connectivity index (χ1) is 6.27. The molecule has 0 aromatic carbocycles. The number of aromatic nitrogens is 1. The fraction of sp³-hybridized carbons (Fsp3) is 0.333. The molecule has 1 atom stereocenters. The first-order valence-corrected chi connectivity index (χ1v) is 4.19. The molecule has 2 N–H and O–H groups in total. The fourth-order valence-electron chi connectivity index (χ4n) is 1.34. The number of aromatic carboxylic acids is 1. The summed E-state index contributed by atoms with van der Waals surface area (Å²) in [6.45, 7) is 1.00. The summed E-state index contributed by atoms with van der Waals surface area (Å²) < 4.78 is 0. The van der Waals surface area contributed by atoms with Gasteiger partial charge in [-0.2, -0.15) is 0 Å². The Balaban J connectivity index is 2.26. The molecule has 2 heterocycles. The number of pyridine rings is 1. The van der Waals surface area contributed by atoms with E-state index in [1.54, 1.807) is 12.3 Å². The van der Waals surface area contributed by atoms with E-state index in [0.29, 0.717) is 6.04 Å². The van der Waals surface area contributed by atoms with Crippen molar-refractivity contribution >= 4 is 5.97 Å². The monoisotopic (exact) mass is 178 g/mol. The number of carbonyl (C=O) groups is 1. The highest BCUT2D eigenvalue weighted by Gasteiger charge is 2.19. The lowest BCUT2D eigenvalue weighted by atomic mass is 9.99. The highest BCUT2D eigenvalue weighted by molar-refractivity contribution is 5.87. The molecular weight excluding hydrogens is 168 g/mol. The molecular formula is C9H10N2O2. The second kappa shape index (κ2) is 3.14. The number of hydrogen-bond donors (Lipinski definition) is 2. The molecule has 4 nitrogen and oxygen atoms in total. The van der Waals surface area contributed by atoms with Gasteiger partial charge in [0.1, 0.15) is 0 Å². The van der Waals surface area contributed by atoms with Crippen LogP contribution in [0.1, 0.15) is 28.4 Å². The van der Waals surface area contributed by atoms with Crippen LogP contribution in [0.15, 0.2) is 18.5 Å². The van der Waals surface area contributed by atoms with Crippen LogP contribution < -0.4 is 5.32 Å². The average Bonchev–Trinajstić information content (AvgIpc) is 2.01. The van der Waals surface area contributed by atoms with Gasteiger partial charge in [-0.3, -0.25) is 4.98 Å². The minimum atomic E-state index is -0.923. The third-order valence-corrected chi connectivity index (χ3v) is 2.23. The van der Waals surface area contributed by atoms with Crippen molar-refractivity contribution in [3.8, 4) is 0 Å². The number of hydrogen-bond acceptors (Lipinski definition) is 3. The van der Waals surface area contributed by atoms with Gasteiger partial charge in [-0.1, -0.05) is 0 Å². The predicted octanol–water partition coefficient (Wildman–Crippen LogP) is 0.814. The summed E-state index contributed by atoms with van der Waals surface area (Å²) in [5.41, 5.74) is 1.22. The minimum Gasteiger partial charge on any atom is -0.478 e. The molecule has 1 fully saturated rings. The van der Waals surface area contributed by atoms with Gasteiger partial charge in [0.05, 0.1) is 5.56 Å². The molecule has 4 heteroatoms. The zero-order valence-corrected chi connectivity index (χ0v) is 7.03. The summed E-state index contributed by atoms with van der Waals surface area (Å²) in [5.74, 6) is -0.923. The SMILES string of the molecule is O=C(O)c1cncc(C2CCN2)c1. The molecule has 1 unspecified atom stereocenters. The van der Waals surface area contributed by atoms with Crippen LogP contribution >= 0.6 is 0 Å². The van der Waals surface area contributed by atoms with E-state index < -0.39 is 5.97 Å². The Bertz CT molecular complexity index is 334. The minimum absolute atomic E-state index is 0.256. The van der Waals surface area contributed by atoms with Gasteiger partial charge in [-0.05, 0) is 24.6 Å². The summed E-state index contributed by atoms with van der Waals surface area (Å²) in [7, 11) is 0. The summed E-state index contributed by atoms with van der Waals surface area (Å²) in [4.78, 5) is 14.5. The van der Waals surface area contributed by atoms with Gasteiger partial charge in [0.25, 0.3) is 0 Å². The molecule has 0 radical (unpaired) electrons. The lowest BCUT2D eigenvalue weighted by molar-refractivity contribution is 0.0696. The van der Waals surface area contributed by atoms with Crippen LogP contribution in [0.4, 0.5) is 0 Å². The van der Waals surface area contributed by atoms with Crippen LogP contribution in [0.25, 0.3) is 0 Å². The van der Waals surface area contributed by atoms with E-state index in [-0.39, 0.29) is 5.56 Å². The fourth-order valence-corrected chi connectivity index (χ4v) is 1.34. The molecule has 1 aliphatic heterocycles. The summed E-state index contributed by atoms with van der Waals surface area (Å²) >= 11 is 0. The van der Waals surface area contributed by atoms with Crippen LogP contribution in [0.2, 0.25) is 0 Å². The van der Waals surface area contributed by atoms with Gasteiger partial charge >= 0.3 is 5.97 Å². The van der Waals surface area contributed by atoms with Gasteiger partial charge in [-0.25, -0.2) is 4.79 Å². The van der Waals surface area contributed by atoms with Crippen LogP contribution in [-0.2, 0) is 0 Å². The van der Waals surface area contributed by atoms with Crippen molar-refractivity contribution in [3.63, 3.8) is 0 Å². The maximum absolute atomic E-state index is 10.6. The first-order valence-electron chi connectivity index (χ1n) is 4.19. The number of carboxylic acids is 1. The molecule has 1 aliphatic rings.